The molecule has 11 heteroatoms. The normalized spacial score (nSPS) is 11.3. The van der Waals surface area contributed by atoms with Crippen molar-refractivity contribution in [2.75, 3.05) is 19.1 Å². The number of pyridine rings is 1. The fourth-order valence-electron chi connectivity index (χ4n) is 3.65. The first-order chi connectivity index (χ1) is 16.0. The fourth-order valence-corrected chi connectivity index (χ4v) is 3.65. The molecule has 0 saturated carbocycles. The van der Waals surface area contributed by atoms with Crippen LogP contribution in [0.15, 0.2) is 59.4 Å². The summed E-state index contributed by atoms with van der Waals surface area (Å²) in [6.07, 6.45) is -4.96. The van der Waals surface area contributed by atoms with Crippen molar-refractivity contribution in [2.45, 2.75) is 19.3 Å². The van der Waals surface area contributed by atoms with Crippen LogP contribution in [0.3, 0.4) is 0 Å². The first-order valence-electron chi connectivity index (χ1n) is 10.2. The maximum atomic E-state index is 13.6. The molecule has 0 bridgehead atoms. The minimum Gasteiger partial charge on any atom is -0.497 e. The smallest absolute Gasteiger partial charge is 0.490 e. The van der Waals surface area contributed by atoms with Gasteiger partial charge < -0.3 is 29.0 Å². The van der Waals surface area contributed by atoms with E-state index in [2.05, 4.69) is 0 Å². The molecule has 0 radical (unpaired) electrons. The Morgan fingerprint density at radius 1 is 0.912 bits per heavy atom. The third kappa shape index (κ3) is 5.54. The molecule has 3 rings (SSSR count). The lowest BCUT2D eigenvalue weighted by molar-refractivity contribution is -0.142. The number of rotatable bonds is 8. The highest BCUT2D eigenvalue weighted by Gasteiger charge is 2.40. The van der Waals surface area contributed by atoms with Gasteiger partial charge in [-0.2, -0.15) is 13.2 Å². The van der Waals surface area contributed by atoms with E-state index in [1.807, 2.05) is 0 Å². The summed E-state index contributed by atoms with van der Waals surface area (Å²) < 4.78 is 51.5. The van der Waals surface area contributed by atoms with Gasteiger partial charge in [0.2, 0.25) is 0 Å². The van der Waals surface area contributed by atoms with Crippen LogP contribution in [0.4, 0.5) is 18.9 Å². The van der Waals surface area contributed by atoms with Crippen molar-refractivity contribution in [1.29, 1.82) is 0 Å². The maximum Gasteiger partial charge on any atom is 0.490 e. The highest BCUT2D eigenvalue weighted by Crippen LogP contribution is 2.28. The van der Waals surface area contributed by atoms with E-state index < -0.39 is 30.0 Å². The molecule has 0 spiro atoms. The number of ether oxygens (including phenoxy) is 2. The summed E-state index contributed by atoms with van der Waals surface area (Å²) in [7, 11) is 1.59. The quantitative estimate of drug-likeness (QED) is 0.486. The predicted octanol–water partition coefficient (Wildman–Crippen LogP) is 2.31. The highest BCUT2D eigenvalue weighted by molar-refractivity contribution is 6.59. The Labute approximate surface area is 194 Å². The van der Waals surface area contributed by atoms with Crippen molar-refractivity contribution < 1.29 is 32.7 Å². The second-order valence-corrected chi connectivity index (χ2v) is 7.62. The Hall–Kier alpha value is -3.44. The van der Waals surface area contributed by atoms with Crippen molar-refractivity contribution in [3.63, 3.8) is 0 Å². The van der Waals surface area contributed by atoms with Crippen molar-refractivity contribution in [3.05, 3.63) is 81.8 Å². The van der Waals surface area contributed by atoms with Crippen molar-refractivity contribution in [1.82, 2.24) is 4.57 Å². The zero-order valence-corrected chi connectivity index (χ0v) is 18.8. The minimum atomic E-state index is -4.96. The molecule has 0 amide bonds. The molecule has 0 atom stereocenters. The van der Waals surface area contributed by atoms with Crippen LogP contribution in [0.1, 0.15) is 16.8 Å². The number of hydrogen-bond donors (Lipinski definition) is 2. The summed E-state index contributed by atoms with van der Waals surface area (Å²) >= 11 is 0. The second kappa shape index (κ2) is 10.2. The highest BCUT2D eigenvalue weighted by atomic mass is 19.4. The summed E-state index contributed by atoms with van der Waals surface area (Å²) in [6.45, 7) is 0.329. The van der Waals surface area contributed by atoms with Crippen LogP contribution in [0.2, 0.25) is 0 Å². The molecule has 2 aromatic carbocycles. The molecule has 0 aliphatic carbocycles. The summed E-state index contributed by atoms with van der Waals surface area (Å²) in [6, 6.07) is 14.9. The van der Waals surface area contributed by atoms with Gasteiger partial charge in [0.05, 0.1) is 14.2 Å². The number of benzene rings is 2. The van der Waals surface area contributed by atoms with Crippen LogP contribution in [-0.2, 0) is 26.3 Å². The zero-order valence-electron chi connectivity index (χ0n) is 18.8. The summed E-state index contributed by atoms with van der Waals surface area (Å²) in [5, 5.41) is 19.4. The molecular formula is C23H24BF3N2O5. The van der Waals surface area contributed by atoms with Crippen molar-refractivity contribution >= 4 is 18.3 Å². The first kappa shape index (κ1) is 25.2. The molecule has 7 nitrogen and oxygen atoms in total. The van der Waals surface area contributed by atoms with E-state index in [1.54, 1.807) is 53.4 Å². The van der Waals surface area contributed by atoms with Crippen molar-refractivity contribution in [3.8, 4) is 11.5 Å². The van der Waals surface area contributed by atoms with E-state index in [9.17, 15) is 28.0 Å². The van der Waals surface area contributed by atoms with E-state index in [0.29, 0.717) is 16.1 Å². The van der Waals surface area contributed by atoms with Crippen LogP contribution in [0, 0.1) is 0 Å². The van der Waals surface area contributed by atoms with Crippen LogP contribution in [-0.4, -0.2) is 36.0 Å². The van der Waals surface area contributed by atoms with E-state index >= 15 is 0 Å². The van der Waals surface area contributed by atoms with Gasteiger partial charge in [0.1, 0.15) is 22.9 Å². The third-order valence-corrected chi connectivity index (χ3v) is 5.38. The standard InChI is InChI=1S/C23H24BF3N2O5/c1-28-21(23(25,26)27)19(24(31)32)12-20(22(28)30)29(13-15-4-8-17(33-2)9-5-15)14-16-6-10-18(34-3)11-7-16/h4-12,31-32H,13-14H2,1-3H3. The lowest BCUT2D eigenvalue weighted by Crippen LogP contribution is -2.44. The molecule has 34 heavy (non-hydrogen) atoms. The van der Waals surface area contributed by atoms with Gasteiger partial charge in [-0.25, -0.2) is 0 Å². The molecular weight excluding hydrogens is 452 g/mol. The SMILES string of the molecule is COc1ccc(CN(Cc2ccc(OC)cc2)c2cc(B(O)O)c(C(F)(F)F)n(C)c2=O)cc1. The number of alkyl halides is 3. The van der Waals surface area contributed by atoms with Gasteiger partial charge in [-0.15, -0.1) is 0 Å². The van der Waals surface area contributed by atoms with Gasteiger partial charge in [0.15, 0.2) is 0 Å². The van der Waals surface area contributed by atoms with E-state index in [-0.39, 0.29) is 18.8 Å². The average Bonchev–Trinajstić information content (AvgIpc) is 2.80. The Kier molecular flexibility index (Phi) is 7.58. The molecule has 0 unspecified atom stereocenters. The van der Waals surface area contributed by atoms with Gasteiger partial charge in [-0.05, 0) is 41.5 Å². The Morgan fingerprint density at radius 2 is 1.35 bits per heavy atom. The predicted molar refractivity (Wildman–Crippen MR) is 122 cm³/mol. The Bertz CT molecular complexity index is 1130. The molecule has 2 N–H and O–H groups in total. The van der Waals surface area contributed by atoms with Gasteiger partial charge in [-0.1, -0.05) is 24.3 Å². The monoisotopic (exact) mass is 476 g/mol. The van der Waals surface area contributed by atoms with E-state index in [1.165, 1.54) is 14.2 Å². The first-order valence-corrected chi connectivity index (χ1v) is 10.2. The number of anilines is 1. The van der Waals surface area contributed by atoms with Crippen LogP contribution < -0.4 is 25.4 Å². The number of methoxy groups -OCH3 is 2. The molecule has 0 aliphatic rings. The summed E-state index contributed by atoms with van der Waals surface area (Å²) in [5.41, 5.74) is -1.71. The molecule has 0 aliphatic heterocycles. The fraction of sp³-hybridized carbons (Fsp3) is 0.261. The number of aromatic nitrogens is 1. The second-order valence-electron chi connectivity index (χ2n) is 7.62. The molecule has 0 fully saturated rings. The lowest BCUT2D eigenvalue weighted by atomic mass is 9.78. The number of halogens is 3. The lowest BCUT2D eigenvalue weighted by Gasteiger charge is -2.27. The van der Waals surface area contributed by atoms with Crippen LogP contribution in [0.5, 0.6) is 11.5 Å². The van der Waals surface area contributed by atoms with E-state index in [4.69, 9.17) is 9.47 Å². The third-order valence-electron chi connectivity index (χ3n) is 5.38. The number of nitrogens with zero attached hydrogens (tertiary/aromatic N) is 2. The van der Waals surface area contributed by atoms with Gasteiger partial charge in [0, 0.05) is 25.6 Å². The van der Waals surface area contributed by atoms with Crippen LogP contribution in [0.25, 0.3) is 0 Å². The van der Waals surface area contributed by atoms with E-state index in [0.717, 1.165) is 24.2 Å². The summed E-state index contributed by atoms with van der Waals surface area (Å²) in [4.78, 5) is 14.6. The van der Waals surface area contributed by atoms with Crippen LogP contribution >= 0.6 is 0 Å². The molecule has 180 valence electrons. The Balaban J connectivity index is 2.12. The average molecular weight is 476 g/mol. The zero-order chi connectivity index (χ0) is 25.0. The molecule has 0 saturated heterocycles. The molecule has 3 aromatic rings. The van der Waals surface area contributed by atoms with Gasteiger partial charge in [-0.3, -0.25) is 4.79 Å². The van der Waals surface area contributed by atoms with Gasteiger partial charge in [0.25, 0.3) is 5.56 Å². The number of hydrogen-bond acceptors (Lipinski definition) is 6. The Morgan fingerprint density at radius 3 is 1.71 bits per heavy atom. The van der Waals surface area contributed by atoms with Gasteiger partial charge >= 0.3 is 13.3 Å². The topological polar surface area (TPSA) is 84.2 Å². The molecule has 1 aromatic heterocycles. The molecule has 1 heterocycles. The van der Waals surface area contributed by atoms with Crippen molar-refractivity contribution in [2.24, 2.45) is 7.05 Å². The summed E-state index contributed by atoms with van der Waals surface area (Å²) in [5.74, 6) is 1.25. The minimum absolute atomic E-state index is 0.106. The maximum absolute atomic E-state index is 13.6. The largest absolute Gasteiger partial charge is 0.497 e.